The van der Waals surface area contributed by atoms with Crippen LogP contribution in [0.5, 0.6) is 0 Å². The smallest absolute Gasteiger partial charge is 0.322 e. The summed E-state index contributed by atoms with van der Waals surface area (Å²) in [5.74, 6) is -3.05. The van der Waals surface area contributed by atoms with Crippen molar-refractivity contribution < 1.29 is 27.8 Å². The normalized spacial score (nSPS) is 18.0. The van der Waals surface area contributed by atoms with Crippen LogP contribution in [0.15, 0.2) is 35.1 Å². The number of carbonyl (C=O) groups excluding carboxylic acids is 1. The fraction of sp³-hybridized carbons (Fsp3) is 0.200. The molecule has 4 rings (SSSR count). The van der Waals surface area contributed by atoms with E-state index < -0.39 is 41.4 Å². The number of ether oxygens (including phenoxy) is 1. The van der Waals surface area contributed by atoms with Crippen LogP contribution in [0.1, 0.15) is 23.6 Å². The first kappa shape index (κ1) is 21.2. The van der Waals surface area contributed by atoms with E-state index in [4.69, 9.17) is 16.3 Å². The molecule has 0 aliphatic carbocycles. The van der Waals surface area contributed by atoms with Crippen molar-refractivity contribution in [2.24, 2.45) is 0 Å². The Morgan fingerprint density at radius 3 is 2.55 bits per heavy atom. The van der Waals surface area contributed by atoms with Crippen molar-refractivity contribution in [3.8, 4) is 0 Å². The Hall–Kier alpha value is -3.08. The second kappa shape index (κ2) is 7.88. The summed E-state index contributed by atoms with van der Waals surface area (Å²) in [5, 5.41) is 12.4. The molecule has 0 unspecified atom stereocenters. The Balaban J connectivity index is 1.77. The van der Waals surface area contributed by atoms with Crippen LogP contribution in [0.2, 0.25) is 5.02 Å². The summed E-state index contributed by atoms with van der Waals surface area (Å²) in [4.78, 5) is 28.7. The first-order valence-electron chi connectivity index (χ1n) is 9.00. The largest absolute Gasteiger partial charge is 0.363 e. The lowest BCUT2D eigenvalue weighted by Gasteiger charge is -2.35. The van der Waals surface area contributed by atoms with E-state index in [0.717, 1.165) is 18.2 Å². The number of aromatic amines is 1. The maximum absolute atomic E-state index is 14.0. The van der Waals surface area contributed by atoms with Crippen molar-refractivity contribution in [3.05, 3.63) is 74.4 Å². The number of hydrogen-bond acceptors (Lipinski definition) is 4. The van der Waals surface area contributed by atoms with Crippen LogP contribution >= 0.6 is 11.6 Å². The van der Waals surface area contributed by atoms with Crippen molar-refractivity contribution in [1.29, 1.82) is 0 Å². The fourth-order valence-corrected chi connectivity index (χ4v) is 3.68. The number of amides is 2. The van der Waals surface area contributed by atoms with Crippen LogP contribution in [0.25, 0.3) is 10.8 Å². The van der Waals surface area contributed by atoms with E-state index in [1.54, 1.807) is 0 Å². The molecule has 0 fully saturated rings. The first-order chi connectivity index (χ1) is 14.7. The number of benzene rings is 2. The number of likely N-dealkylation sites (N-methyl/N-ethyl adjacent to an activating group) is 1. The molecule has 3 aromatic rings. The number of urea groups is 1. The summed E-state index contributed by atoms with van der Waals surface area (Å²) in [6.07, 6.45) is -1.52. The standard InChI is InChI=1S/C20H15ClF3N3O4/c1-27(20(30)25-8-2-3-12(22)11(21)4-8)15-7-31-19(29)17-16(15)9-5-13(23)14(24)6-10(9)18(28)26-17/h2-6,15,19,29H,7H2,1H3,(H,25,30)(H,26,28)/t15-,19+/m0/s1. The van der Waals surface area contributed by atoms with Crippen LogP contribution in [0.4, 0.5) is 23.7 Å². The minimum atomic E-state index is -1.52. The zero-order valence-corrected chi connectivity index (χ0v) is 16.6. The van der Waals surface area contributed by atoms with Gasteiger partial charge >= 0.3 is 6.03 Å². The number of aliphatic hydroxyl groups is 1. The monoisotopic (exact) mass is 453 g/mol. The van der Waals surface area contributed by atoms with Crippen LogP contribution in [-0.4, -0.2) is 34.7 Å². The molecule has 162 valence electrons. The fourth-order valence-electron chi connectivity index (χ4n) is 3.49. The lowest BCUT2D eigenvalue weighted by Crippen LogP contribution is -2.40. The Morgan fingerprint density at radius 1 is 1.19 bits per heavy atom. The number of rotatable bonds is 2. The molecule has 1 aromatic heterocycles. The molecule has 31 heavy (non-hydrogen) atoms. The predicted molar refractivity (Wildman–Crippen MR) is 106 cm³/mol. The molecule has 3 N–H and O–H groups in total. The first-order valence-corrected chi connectivity index (χ1v) is 9.38. The van der Waals surface area contributed by atoms with Gasteiger partial charge < -0.3 is 25.0 Å². The van der Waals surface area contributed by atoms with Crippen LogP contribution < -0.4 is 10.9 Å². The number of fused-ring (bicyclic) bond motifs is 3. The zero-order chi connectivity index (χ0) is 22.4. The number of halogens is 4. The Morgan fingerprint density at radius 2 is 1.87 bits per heavy atom. The highest BCUT2D eigenvalue weighted by atomic mass is 35.5. The summed E-state index contributed by atoms with van der Waals surface area (Å²) < 4.78 is 46.3. The Bertz CT molecular complexity index is 1270. The van der Waals surface area contributed by atoms with Crippen molar-refractivity contribution in [2.75, 3.05) is 19.0 Å². The van der Waals surface area contributed by atoms with Gasteiger partial charge in [0.25, 0.3) is 5.56 Å². The summed E-state index contributed by atoms with van der Waals surface area (Å²) in [6.45, 7) is -0.192. The van der Waals surface area contributed by atoms with Crippen LogP contribution in [-0.2, 0) is 4.74 Å². The lowest BCUT2D eigenvalue weighted by molar-refractivity contribution is -0.129. The van der Waals surface area contributed by atoms with E-state index >= 15 is 0 Å². The lowest BCUT2D eigenvalue weighted by atomic mass is 9.95. The molecule has 1 aliphatic rings. The molecular weight excluding hydrogens is 439 g/mol. The molecule has 0 spiro atoms. The van der Waals surface area contributed by atoms with Gasteiger partial charge in [-0.05, 0) is 35.7 Å². The average Bonchev–Trinajstić information content (AvgIpc) is 2.72. The maximum Gasteiger partial charge on any atom is 0.322 e. The number of anilines is 1. The van der Waals surface area contributed by atoms with Gasteiger partial charge in [0.15, 0.2) is 17.9 Å². The van der Waals surface area contributed by atoms with Gasteiger partial charge in [-0.15, -0.1) is 0 Å². The Kier molecular flexibility index (Phi) is 5.38. The molecule has 11 heteroatoms. The minimum Gasteiger partial charge on any atom is -0.363 e. The van der Waals surface area contributed by atoms with Gasteiger partial charge in [0.2, 0.25) is 0 Å². The third-order valence-electron chi connectivity index (χ3n) is 5.08. The quantitative estimate of drug-likeness (QED) is 0.549. The predicted octanol–water partition coefficient (Wildman–Crippen LogP) is 3.82. The molecule has 0 bridgehead atoms. The number of aliphatic hydroxyl groups excluding tert-OH is 1. The van der Waals surface area contributed by atoms with Gasteiger partial charge in [0, 0.05) is 18.3 Å². The van der Waals surface area contributed by atoms with Gasteiger partial charge in [-0.3, -0.25) is 4.79 Å². The van der Waals surface area contributed by atoms with E-state index in [1.165, 1.54) is 24.1 Å². The number of aromatic nitrogens is 1. The molecule has 2 aromatic carbocycles. The number of nitrogens with one attached hydrogen (secondary N) is 2. The summed E-state index contributed by atoms with van der Waals surface area (Å²) >= 11 is 5.73. The van der Waals surface area contributed by atoms with E-state index in [1.807, 2.05) is 0 Å². The number of pyridine rings is 1. The highest BCUT2D eigenvalue weighted by molar-refractivity contribution is 6.31. The maximum atomic E-state index is 14.0. The van der Waals surface area contributed by atoms with E-state index in [9.17, 15) is 27.9 Å². The van der Waals surface area contributed by atoms with Crippen molar-refractivity contribution in [1.82, 2.24) is 9.88 Å². The van der Waals surface area contributed by atoms with Gasteiger partial charge in [-0.25, -0.2) is 18.0 Å². The van der Waals surface area contributed by atoms with Gasteiger partial charge in [0.05, 0.1) is 28.8 Å². The van der Waals surface area contributed by atoms with E-state index in [-0.39, 0.29) is 39.3 Å². The summed E-state index contributed by atoms with van der Waals surface area (Å²) in [7, 11) is 1.41. The SMILES string of the molecule is CN(C(=O)Nc1ccc(F)c(Cl)c1)[C@H]1CO[C@@H](O)c2[nH]c(=O)c3cc(F)c(F)cc3c21. The highest BCUT2D eigenvalue weighted by Crippen LogP contribution is 2.37. The number of hydrogen-bond donors (Lipinski definition) is 3. The third-order valence-corrected chi connectivity index (χ3v) is 5.37. The molecule has 1 aliphatic heterocycles. The molecule has 2 heterocycles. The number of carbonyl (C=O) groups is 1. The number of nitrogens with zero attached hydrogens (tertiary/aromatic N) is 1. The molecule has 7 nitrogen and oxygen atoms in total. The molecule has 0 radical (unpaired) electrons. The summed E-state index contributed by atoms with van der Waals surface area (Å²) in [6, 6.07) is 3.69. The zero-order valence-electron chi connectivity index (χ0n) is 15.9. The molecule has 0 saturated carbocycles. The third kappa shape index (κ3) is 3.73. The molecule has 2 atom stereocenters. The van der Waals surface area contributed by atoms with Gasteiger partial charge in [-0.1, -0.05) is 11.6 Å². The van der Waals surface area contributed by atoms with Crippen molar-refractivity contribution in [3.63, 3.8) is 0 Å². The molecule has 0 saturated heterocycles. The van der Waals surface area contributed by atoms with Crippen molar-refractivity contribution in [2.45, 2.75) is 12.3 Å². The molecular formula is C20H15ClF3N3O4. The van der Waals surface area contributed by atoms with E-state index in [0.29, 0.717) is 0 Å². The average molecular weight is 454 g/mol. The van der Waals surface area contributed by atoms with Crippen molar-refractivity contribution >= 4 is 34.1 Å². The Labute approximate surface area is 178 Å². The highest BCUT2D eigenvalue weighted by Gasteiger charge is 2.35. The molecule has 2 amide bonds. The van der Waals surface area contributed by atoms with Crippen LogP contribution in [0, 0.1) is 17.5 Å². The second-order valence-electron chi connectivity index (χ2n) is 6.96. The minimum absolute atomic E-state index is 0.0366. The topological polar surface area (TPSA) is 94.7 Å². The van der Waals surface area contributed by atoms with Gasteiger partial charge in [0.1, 0.15) is 5.82 Å². The van der Waals surface area contributed by atoms with Crippen LogP contribution in [0.3, 0.4) is 0 Å². The number of H-pyrrole nitrogens is 1. The summed E-state index contributed by atoms with van der Waals surface area (Å²) in [5.41, 5.74) is -0.380. The van der Waals surface area contributed by atoms with E-state index in [2.05, 4.69) is 10.3 Å². The van der Waals surface area contributed by atoms with Gasteiger partial charge in [-0.2, -0.15) is 0 Å². The second-order valence-corrected chi connectivity index (χ2v) is 7.37.